The van der Waals surface area contributed by atoms with E-state index in [4.69, 9.17) is 5.73 Å². The second-order valence-corrected chi connectivity index (χ2v) is 3.71. The van der Waals surface area contributed by atoms with Crippen molar-refractivity contribution in [3.63, 3.8) is 0 Å². The first kappa shape index (κ1) is 9.46. The van der Waals surface area contributed by atoms with Crippen LogP contribution < -0.4 is 11.1 Å². The maximum absolute atomic E-state index is 5.45. The van der Waals surface area contributed by atoms with Crippen LogP contribution >= 0.6 is 0 Å². The molecule has 0 atom stereocenters. The van der Waals surface area contributed by atoms with Crippen LogP contribution in [0.1, 0.15) is 24.1 Å². The van der Waals surface area contributed by atoms with Crippen molar-refractivity contribution in [1.82, 2.24) is 4.98 Å². The molecule has 0 aromatic carbocycles. The number of hydrogen-bond acceptors (Lipinski definition) is 3. The van der Waals surface area contributed by atoms with E-state index in [1.54, 1.807) is 0 Å². The predicted octanol–water partition coefficient (Wildman–Crippen LogP) is 1.33. The van der Waals surface area contributed by atoms with Gasteiger partial charge in [0.05, 0.1) is 0 Å². The molecule has 76 valence electrons. The Morgan fingerprint density at radius 3 is 3.21 bits per heavy atom. The summed E-state index contributed by atoms with van der Waals surface area (Å²) in [6.07, 6.45) is 6.49. The number of nitrogens with two attached hydrogens (primary N) is 1. The summed E-state index contributed by atoms with van der Waals surface area (Å²) in [4.78, 5) is 4.38. The predicted molar refractivity (Wildman–Crippen MR) is 58.4 cm³/mol. The summed E-state index contributed by atoms with van der Waals surface area (Å²) in [5, 5.41) is 3.43. The van der Waals surface area contributed by atoms with Crippen LogP contribution in [-0.4, -0.2) is 18.1 Å². The second kappa shape index (κ2) is 4.42. The normalized spacial score (nSPS) is 14.1. The Kier molecular flexibility index (Phi) is 2.99. The van der Waals surface area contributed by atoms with E-state index in [-0.39, 0.29) is 0 Å². The van der Waals surface area contributed by atoms with E-state index in [9.17, 15) is 0 Å². The van der Waals surface area contributed by atoms with Crippen molar-refractivity contribution in [1.29, 1.82) is 0 Å². The summed E-state index contributed by atoms with van der Waals surface area (Å²) in [5.41, 5.74) is 9.42. The number of aryl methyl sites for hydroxylation is 1. The first-order valence-corrected chi connectivity index (χ1v) is 5.32. The van der Waals surface area contributed by atoms with Crippen molar-refractivity contribution in [3.8, 4) is 0 Å². The van der Waals surface area contributed by atoms with Crippen LogP contribution in [-0.2, 0) is 12.8 Å². The lowest BCUT2D eigenvalue weighted by Gasteiger charge is -2.09. The molecule has 0 aliphatic heterocycles. The average Bonchev–Trinajstić information content (AvgIpc) is 2.67. The number of nitrogens with one attached hydrogen (secondary N) is 1. The summed E-state index contributed by atoms with van der Waals surface area (Å²) in [6.45, 7) is 1.72. The van der Waals surface area contributed by atoms with Gasteiger partial charge in [-0.3, -0.25) is 4.98 Å². The number of anilines is 1. The smallest absolute Gasteiger partial charge is 0.0456 e. The Hall–Kier alpha value is -1.09. The molecular formula is C11H17N3. The van der Waals surface area contributed by atoms with Crippen LogP contribution in [0.2, 0.25) is 0 Å². The first-order chi connectivity index (χ1) is 6.92. The molecule has 0 unspecified atom stereocenters. The molecule has 3 heteroatoms. The second-order valence-electron chi connectivity index (χ2n) is 3.71. The summed E-state index contributed by atoms with van der Waals surface area (Å²) < 4.78 is 0. The highest BCUT2D eigenvalue weighted by Crippen LogP contribution is 2.26. The highest BCUT2D eigenvalue weighted by Gasteiger charge is 2.14. The average molecular weight is 191 g/mol. The van der Waals surface area contributed by atoms with Crippen LogP contribution in [0.4, 0.5) is 5.69 Å². The zero-order valence-corrected chi connectivity index (χ0v) is 8.42. The van der Waals surface area contributed by atoms with E-state index in [2.05, 4.69) is 16.4 Å². The summed E-state index contributed by atoms with van der Waals surface area (Å²) in [5.74, 6) is 0. The maximum Gasteiger partial charge on any atom is 0.0456 e. The van der Waals surface area contributed by atoms with Crippen LogP contribution in [0.5, 0.6) is 0 Å². The molecule has 1 aromatic rings. The molecular weight excluding hydrogens is 174 g/mol. The zero-order chi connectivity index (χ0) is 9.80. The minimum absolute atomic E-state index is 0.750. The van der Waals surface area contributed by atoms with Gasteiger partial charge in [0, 0.05) is 24.1 Å². The van der Waals surface area contributed by atoms with Crippen molar-refractivity contribution in [2.45, 2.75) is 25.7 Å². The van der Waals surface area contributed by atoms with Gasteiger partial charge >= 0.3 is 0 Å². The molecule has 3 nitrogen and oxygen atoms in total. The Labute approximate surface area is 84.7 Å². The van der Waals surface area contributed by atoms with E-state index in [0.717, 1.165) is 25.9 Å². The van der Waals surface area contributed by atoms with E-state index in [1.165, 1.54) is 29.8 Å². The highest BCUT2D eigenvalue weighted by molar-refractivity contribution is 5.53. The third-order valence-corrected chi connectivity index (χ3v) is 2.68. The van der Waals surface area contributed by atoms with E-state index < -0.39 is 0 Å². The first-order valence-electron chi connectivity index (χ1n) is 5.32. The van der Waals surface area contributed by atoms with Crippen LogP contribution in [0.3, 0.4) is 0 Å². The largest absolute Gasteiger partial charge is 0.385 e. The SMILES string of the molecule is NCCCNc1ccnc2c1CCC2. The molecule has 14 heavy (non-hydrogen) atoms. The van der Waals surface area contributed by atoms with Crippen molar-refractivity contribution in [3.05, 3.63) is 23.5 Å². The molecule has 0 saturated heterocycles. The molecule has 1 aliphatic rings. The van der Waals surface area contributed by atoms with Gasteiger partial charge in [-0.05, 0) is 43.9 Å². The fraction of sp³-hybridized carbons (Fsp3) is 0.545. The van der Waals surface area contributed by atoms with Crippen molar-refractivity contribution in [2.24, 2.45) is 5.73 Å². The van der Waals surface area contributed by atoms with Crippen LogP contribution in [0, 0.1) is 0 Å². The van der Waals surface area contributed by atoms with Gasteiger partial charge in [-0.15, -0.1) is 0 Å². The van der Waals surface area contributed by atoms with Gasteiger partial charge in [-0.25, -0.2) is 0 Å². The van der Waals surface area contributed by atoms with E-state index >= 15 is 0 Å². The Morgan fingerprint density at radius 2 is 2.36 bits per heavy atom. The lowest BCUT2D eigenvalue weighted by atomic mass is 10.2. The minimum Gasteiger partial charge on any atom is -0.385 e. The molecule has 1 heterocycles. The topological polar surface area (TPSA) is 50.9 Å². The number of pyridine rings is 1. The van der Waals surface area contributed by atoms with E-state index in [1.807, 2.05) is 6.20 Å². The standard InChI is InChI=1S/C11H17N3/c12-6-2-7-13-11-5-8-14-10-4-1-3-9(10)11/h5,8H,1-4,6-7,12H2,(H,13,14). The third kappa shape index (κ3) is 1.87. The van der Waals surface area contributed by atoms with Gasteiger partial charge in [0.25, 0.3) is 0 Å². The molecule has 0 radical (unpaired) electrons. The van der Waals surface area contributed by atoms with Crippen molar-refractivity contribution < 1.29 is 0 Å². The molecule has 2 rings (SSSR count). The Balaban J connectivity index is 2.06. The van der Waals surface area contributed by atoms with Crippen LogP contribution in [0.15, 0.2) is 12.3 Å². The number of aromatic nitrogens is 1. The third-order valence-electron chi connectivity index (χ3n) is 2.68. The fourth-order valence-corrected chi connectivity index (χ4v) is 1.95. The quantitative estimate of drug-likeness (QED) is 0.706. The van der Waals surface area contributed by atoms with Gasteiger partial charge in [-0.1, -0.05) is 0 Å². The minimum atomic E-state index is 0.750. The fourth-order valence-electron chi connectivity index (χ4n) is 1.95. The van der Waals surface area contributed by atoms with Gasteiger partial charge in [0.15, 0.2) is 0 Å². The molecule has 3 N–H and O–H groups in total. The van der Waals surface area contributed by atoms with Gasteiger partial charge in [-0.2, -0.15) is 0 Å². The lowest BCUT2D eigenvalue weighted by molar-refractivity contribution is 0.871. The van der Waals surface area contributed by atoms with Gasteiger partial charge in [0.2, 0.25) is 0 Å². The zero-order valence-electron chi connectivity index (χ0n) is 8.42. The molecule has 0 fully saturated rings. The molecule has 1 aromatic heterocycles. The molecule has 0 spiro atoms. The molecule has 0 amide bonds. The maximum atomic E-state index is 5.45. The van der Waals surface area contributed by atoms with Gasteiger partial charge < -0.3 is 11.1 Å². The van der Waals surface area contributed by atoms with Gasteiger partial charge in [0.1, 0.15) is 0 Å². The van der Waals surface area contributed by atoms with Crippen LogP contribution in [0.25, 0.3) is 0 Å². The summed E-state index contributed by atoms with van der Waals surface area (Å²) >= 11 is 0. The van der Waals surface area contributed by atoms with E-state index in [0.29, 0.717) is 0 Å². The van der Waals surface area contributed by atoms with Crippen molar-refractivity contribution >= 4 is 5.69 Å². The van der Waals surface area contributed by atoms with Crippen molar-refractivity contribution in [2.75, 3.05) is 18.4 Å². The number of hydrogen-bond donors (Lipinski definition) is 2. The summed E-state index contributed by atoms with van der Waals surface area (Å²) in [6, 6.07) is 2.07. The Morgan fingerprint density at radius 1 is 1.43 bits per heavy atom. The Bertz CT molecular complexity index is 309. The lowest BCUT2D eigenvalue weighted by Crippen LogP contribution is -2.09. The molecule has 0 bridgehead atoms. The number of rotatable bonds is 4. The molecule has 0 saturated carbocycles. The molecule has 1 aliphatic carbocycles. The summed E-state index contributed by atoms with van der Waals surface area (Å²) in [7, 11) is 0. The number of fused-ring (bicyclic) bond motifs is 1. The monoisotopic (exact) mass is 191 g/mol. The highest BCUT2D eigenvalue weighted by atomic mass is 14.9. The number of nitrogens with zero attached hydrogens (tertiary/aromatic N) is 1.